The first-order valence-electron chi connectivity index (χ1n) is 27.0. The molecule has 0 bridgehead atoms. The highest BCUT2D eigenvalue weighted by Gasteiger charge is 2.44. The summed E-state index contributed by atoms with van der Waals surface area (Å²) in [5, 5.41) is 10.2. The average molecular weight is 981 g/mol. The molecule has 3 aromatic heterocycles. The summed E-state index contributed by atoms with van der Waals surface area (Å²) in [4.78, 5) is 0. The number of fused-ring (bicyclic) bond motifs is 15. The summed E-state index contributed by atoms with van der Waals surface area (Å²) in [7, 11) is 0.800. The molecule has 0 unspecified atom stereocenters. The predicted molar refractivity (Wildman–Crippen MR) is 321 cm³/mol. The van der Waals surface area contributed by atoms with Crippen LogP contribution in [0.5, 0.6) is 0 Å². The van der Waals surface area contributed by atoms with Crippen molar-refractivity contribution in [3.63, 3.8) is 0 Å². The number of hydrogen-bond donors (Lipinski definition) is 1. The molecule has 1 N–H and O–H groups in total. The average Bonchev–Trinajstić information content (AvgIpc) is 4.13. The van der Waals surface area contributed by atoms with Crippen LogP contribution in [0.3, 0.4) is 0 Å². The number of rotatable bonds is 4. The van der Waals surface area contributed by atoms with Crippen LogP contribution in [0.2, 0.25) is 0 Å². The molecule has 5 heteroatoms. The van der Waals surface area contributed by atoms with Gasteiger partial charge in [0.05, 0.1) is 22.1 Å². The Kier molecular flexibility index (Phi) is 9.38. The number of anilines is 2. The fraction of sp³-hybridized carbons (Fsp3) is 0.275. The Morgan fingerprint density at radius 1 is 0.568 bits per heavy atom. The van der Waals surface area contributed by atoms with E-state index in [0.29, 0.717) is 0 Å². The monoisotopic (exact) mass is 980 g/mol. The molecule has 2 aliphatic carbocycles. The zero-order valence-corrected chi connectivity index (χ0v) is 46.0. The molecule has 0 fully saturated rings. The lowest BCUT2D eigenvalue weighted by atomic mass is 9.62. The minimum Gasteiger partial charge on any atom is -0.455 e. The maximum Gasteiger partial charge on any atom is 0.211 e. The summed E-state index contributed by atoms with van der Waals surface area (Å²) < 4.78 is 12.7. The fourth-order valence-electron chi connectivity index (χ4n) is 13.5. The van der Waals surface area contributed by atoms with E-state index < -0.39 is 0 Å². The van der Waals surface area contributed by atoms with Crippen molar-refractivity contribution in [2.75, 3.05) is 5.32 Å². The Morgan fingerprint density at radius 2 is 1.23 bits per heavy atom. The molecule has 0 amide bonds. The Hall–Kier alpha value is -6.82. The molecule has 4 heterocycles. The highest BCUT2D eigenvalue weighted by Crippen LogP contribution is 2.57. The number of nitrogens with one attached hydrogen (secondary N) is 1. The second kappa shape index (κ2) is 15.2. The van der Waals surface area contributed by atoms with E-state index in [4.69, 9.17) is 4.42 Å². The standard InChI is InChI=1S/C69H65BN2OS/c1-65(2,3)40-23-26-42(27-24-40)71-53-37-50-44(45-35-51-52(36-49(45)69(50,11)12)68(9,10)31-30-67(51,7)8)34-46(53)57-58-43-20-16-17-21-55(43)73-63(58)59-47-33-41(66(4,5)6)25-28-54(47)72-61-48-32-39(38-18-14-13-15-19-38)22-29-56(48)74-64(61)70-60(57)62(59)72/h13-29,32-37,70-71H,30-31H2,1-12H3. The van der Waals surface area contributed by atoms with Crippen LogP contribution in [-0.2, 0) is 27.1 Å². The molecule has 14 rings (SSSR count). The maximum atomic E-state index is 7.39. The van der Waals surface area contributed by atoms with Crippen molar-refractivity contribution >= 4 is 94.1 Å². The lowest BCUT2D eigenvalue weighted by Gasteiger charge is -2.42. The lowest BCUT2D eigenvalue weighted by Crippen LogP contribution is -2.35. The Morgan fingerprint density at radius 3 is 1.96 bits per heavy atom. The molecule has 0 radical (unpaired) electrons. The molecule has 8 aromatic carbocycles. The topological polar surface area (TPSA) is 30.1 Å². The number of hydrogen-bond acceptors (Lipinski definition) is 3. The van der Waals surface area contributed by atoms with Crippen LogP contribution >= 0.6 is 11.3 Å². The molecule has 0 saturated heterocycles. The van der Waals surface area contributed by atoms with E-state index in [9.17, 15) is 0 Å². The third-order valence-electron chi connectivity index (χ3n) is 18.0. The normalized spacial score (nSPS) is 16.2. The van der Waals surface area contributed by atoms with Gasteiger partial charge in [0.1, 0.15) is 11.2 Å². The van der Waals surface area contributed by atoms with Crippen molar-refractivity contribution in [2.45, 2.75) is 123 Å². The molecule has 74 heavy (non-hydrogen) atoms. The minimum atomic E-state index is -0.222. The molecular weight excluding hydrogens is 916 g/mol. The van der Waals surface area contributed by atoms with E-state index in [1.165, 1.54) is 133 Å². The van der Waals surface area contributed by atoms with Crippen molar-refractivity contribution in [1.29, 1.82) is 0 Å². The third kappa shape index (κ3) is 6.50. The van der Waals surface area contributed by atoms with E-state index in [-0.39, 0.29) is 27.1 Å². The quantitative estimate of drug-likeness (QED) is 0.178. The molecule has 366 valence electrons. The van der Waals surface area contributed by atoms with Gasteiger partial charge in [-0.25, -0.2) is 0 Å². The fourth-order valence-corrected chi connectivity index (χ4v) is 14.7. The minimum absolute atomic E-state index is 0.0437. The number of aromatic nitrogens is 1. The zero-order chi connectivity index (χ0) is 51.2. The van der Waals surface area contributed by atoms with Crippen LogP contribution in [0.1, 0.15) is 129 Å². The molecule has 3 aliphatic rings. The molecule has 1 aliphatic heterocycles. The van der Waals surface area contributed by atoms with Gasteiger partial charge < -0.3 is 14.3 Å². The van der Waals surface area contributed by atoms with Crippen LogP contribution in [-0.4, -0.2) is 11.8 Å². The molecule has 0 atom stereocenters. The lowest BCUT2D eigenvalue weighted by molar-refractivity contribution is 0.331. The van der Waals surface area contributed by atoms with E-state index in [2.05, 4.69) is 232 Å². The third-order valence-corrected chi connectivity index (χ3v) is 19.1. The van der Waals surface area contributed by atoms with E-state index in [1.54, 1.807) is 0 Å². The predicted octanol–water partition coefficient (Wildman–Crippen LogP) is 17.9. The summed E-state index contributed by atoms with van der Waals surface area (Å²) in [6.45, 7) is 28.6. The highest BCUT2D eigenvalue weighted by atomic mass is 32.1. The van der Waals surface area contributed by atoms with Gasteiger partial charge in [0.15, 0.2) is 0 Å². The van der Waals surface area contributed by atoms with Gasteiger partial charge in [-0.15, -0.1) is 11.3 Å². The van der Waals surface area contributed by atoms with Crippen molar-refractivity contribution in [3.8, 4) is 39.1 Å². The number of furan rings is 1. The van der Waals surface area contributed by atoms with Crippen LogP contribution in [0.25, 0.3) is 92.9 Å². The van der Waals surface area contributed by atoms with Gasteiger partial charge >= 0.3 is 0 Å². The summed E-state index contributed by atoms with van der Waals surface area (Å²) in [6.07, 6.45) is 2.37. The summed E-state index contributed by atoms with van der Waals surface area (Å²) >= 11 is 1.96. The SMILES string of the molecule is CC(C)(C)c1ccc(Nc2cc3c(cc2-c2c4c5c(c6cc(C(C)(C)C)ccc6n5-c5c(sc6ccc(-c7ccccc7)cc56)B4)c4oc5ccccc5c24)-c2cc4c(cc2C3(C)C)C(C)(C)CCC4(C)C)cc1. The first-order valence-corrected chi connectivity index (χ1v) is 27.8. The Balaban J connectivity index is 1.13. The smallest absolute Gasteiger partial charge is 0.211 e. The summed E-state index contributed by atoms with van der Waals surface area (Å²) in [5.74, 6) is 0. The van der Waals surface area contributed by atoms with Gasteiger partial charge in [0.2, 0.25) is 7.28 Å². The number of benzene rings is 8. The van der Waals surface area contributed by atoms with Gasteiger partial charge in [0, 0.05) is 48.6 Å². The number of thiophene rings is 1. The molecular formula is C69H65BN2OS. The summed E-state index contributed by atoms with van der Waals surface area (Å²) in [6, 6.07) is 53.5. The van der Waals surface area contributed by atoms with E-state index in [1.807, 2.05) is 11.3 Å². The Labute approximate surface area is 440 Å². The largest absolute Gasteiger partial charge is 0.455 e. The van der Waals surface area contributed by atoms with Crippen LogP contribution in [0.4, 0.5) is 11.4 Å². The Bertz CT molecular complexity index is 4220. The van der Waals surface area contributed by atoms with Crippen LogP contribution < -0.4 is 15.6 Å². The summed E-state index contributed by atoms with van der Waals surface area (Å²) in [5.41, 5.74) is 25.3. The zero-order valence-electron chi connectivity index (χ0n) is 45.2. The molecule has 0 spiro atoms. The number of para-hydroxylation sites is 1. The number of nitrogens with zero attached hydrogens (tertiary/aromatic N) is 1. The highest BCUT2D eigenvalue weighted by molar-refractivity contribution is 7.29. The van der Waals surface area contributed by atoms with Crippen molar-refractivity contribution in [3.05, 3.63) is 173 Å². The van der Waals surface area contributed by atoms with Crippen molar-refractivity contribution < 1.29 is 4.42 Å². The van der Waals surface area contributed by atoms with Crippen molar-refractivity contribution in [1.82, 2.24) is 4.57 Å². The van der Waals surface area contributed by atoms with E-state index >= 15 is 0 Å². The van der Waals surface area contributed by atoms with Gasteiger partial charge in [-0.2, -0.15) is 0 Å². The second-order valence-corrected chi connectivity index (χ2v) is 27.2. The van der Waals surface area contributed by atoms with Crippen LogP contribution in [0.15, 0.2) is 144 Å². The molecule has 0 saturated carbocycles. The second-order valence-electron chi connectivity index (χ2n) is 26.1. The van der Waals surface area contributed by atoms with Gasteiger partial charge in [0.25, 0.3) is 0 Å². The molecule has 11 aromatic rings. The first-order chi connectivity index (χ1) is 35.2. The van der Waals surface area contributed by atoms with Gasteiger partial charge in [-0.3, -0.25) is 0 Å². The van der Waals surface area contributed by atoms with Crippen LogP contribution in [0, 0.1) is 0 Å². The van der Waals surface area contributed by atoms with Gasteiger partial charge in [-0.1, -0.05) is 162 Å². The van der Waals surface area contributed by atoms with Crippen molar-refractivity contribution in [2.24, 2.45) is 0 Å². The van der Waals surface area contributed by atoms with Gasteiger partial charge in [-0.05, 0) is 167 Å². The molecule has 3 nitrogen and oxygen atoms in total. The first kappa shape index (κ1) is 45.8. The van der Waals surface area contributed by atoms with E-state index in [0.717, 1.165) is 35.2 Å². The maximum absolute atomic E-state index is 7.39.